The van der Waals surface area contributed by atoms with Gasteiger partial charge in [-0.1, -0.05) is 206 Å². The maximum absolute atomic E-state index is 9.93. The van der Waals surface area contributed by atoms with Crippen molar-refractivity contribution in [1.29, 1.82) is 0 Å². The van der Waals surface area contributed by atoms with E-state index in [2.05, 4.69) is 146 Å². The van der Waals surface area contributed by atoms with Crippen LogP contribution in [-0.4, -0.2) is 0 Å². The fourth-order valence-corrected chi connectivity index (χ4v) is 9.29. The molecule has 10 aromatic rings. The SMILES string of the molecule is [2H]c1c([2H])c(N(c2cccc(-c3ccc4ccccc4c3)c2)c2cccc3c2-c2ccccc2C3(c2ccccc2)c2ccccc2)c([2H])c([2H])c1-c1cccc(-c2ccccc2)c1. The quantitative estimate of drug-likeness (QED) is 0.149. The molecule has 282 valence electrons. The number of rotatable bonds is 8. The lowest BCUT2D eigenvalue weighted by atomic mass is 9.68. The van der Waals surface area contributed by atoms with E-state index in [0.29, 0.717) is 11.3 Å². The molecule has 10 aromatic carbocycles. The lowest BCUT2D eigenvalue weighted by Crippen LogP contribution is -2.28. The van der Waals surface area contributed by atoms with Gasteiger partial charge in [0.25, 0.3) is 0 Å². The molecular formula is C59H41N. The van der Waals surface area contributed by atoms with Crippen LogP contribution in [0.5, 0.6) is 0 Å². The van der Waals surface area contributed by atoms with Crippen LogP contribution in [0.2, 0.25) is 0 Å². The molecule has 0 aliphatic heterocycles. The molecule has 11 rings (SSSR count). The summed E-state index contributed by atoms with van der Waals surface area (Å²) in [5.74, 6) is 0. The summed E-state index contributed by atoms with van der Waals surface area (Å²) in [6.45, 7) is 0. The average Bonchev–Trinajstić information content (AvgIpc) is 3.67. The standard InChI is InChI=1S/C59H41N/c1-4-17-42(18-5-1)46-21-14-22-47(39-46)44-35-37-52(38-36-44)60(53-28-15-23-48(41-53)49-34-33-43-19-10-11-20-45(43)40-49)57-32-16-31-56-58(57)54-29-12-13-30-55(54)59(56,50-24-6-2-7-25-50)51-26-8-3-9-27-51/h1-41H/i35D,36D,37D,38D. The van der Waals surface area contributed by atoms with E-state index >= 15 is 0 Å². The van der Waals surface area contributed by atoms with Crippen LogP contribution in [0.15, 0.2) is 249 Å². The second-order valence-electron chi connectivity index (χ2n) is 15.3. The van der Waals surface area contributed by atoms with Gasteiger partial charge in [-0.3, -0.25) is 0 Å². The fraction of sp³-hybridized carbons (Fsp3) is 0.0169. The summed E-state index contributed by atoms with van der Waals surface area (Å²) in [5.41, 5.74) is 12.3. The smallest absolute Gasteiger partial charge is 0.0714 e. The molecule has 0 amide bonds. The van der Waals surface area contributed by atoms with Crippen molar-refractivity contribution in [3.8, 4) is 44.5 Å². The fourth-order valence-electron chi connectivity index (χ4n) is 9.29. The number of fused-ring (bicyclic) bond motifs is 4. The van der Waals surface area contributed by atoms with E-state index in [9.17, 15) is 5.48 Å². The summed E-state index contributed by atoms with van der Waals surface area (Å²) in [4.78, 5) is 1.97. The van der Waals surface area contributed by atoms with Gasteiger partial charge in [0, 0.05) is 16.9 Å². The summed E-state index contributed by atoms with van der Waals surface area (Å²) in [5, 5.41) is 2.28. The Balaban J connectivity index is 1.19. The highest BCUT2D eigenvalue weighted by molar-refractivity contribution is 5.98. The molecule has 0 bridgehead atoms. The first-order valence-corrected chi connectivity index (χ1v) is 20.4. The number of hydrogen-bond donors (Lipinski definition) is 0. The van der Waals surface area contributed by atoms with Crippen LogP contribution in [0.3, 0.4) is 0 Å². The summed E-state index contributed by atoms with van der Waals surface area (Å²) < 4.78 is 39.3. The second-order valence-corrected chi connectivity index (χ2v) is 15.3. The van der Waals surface area contributed by atoms with Crippen molar-refractivity contribution in [3.05, 3.63) is 271 Å². The second kappa shape index (κ2) is 14.9. The molecule has 0 saturated heterocycles. The average molecular weight is 768 g/mol. The largest absolute Gasteiger partial charge is 0.310 e. The normalized spacial score (nSPS) is 13.4. The molecule has 0 fully saturated rings. The van der Waals surface area contributed by atoms with Gasteiger partial charge in [0.15, 0.2) is 0 Å². The molecule has 0 aromatic heterocycles. The van der Waals surface area contributed by atoms with Crippen molar-refractivity contribution in [2.45, 2.75) is 5.41 Å². The van der Waals surface area contributed by atoms with Crippen LogP contribution in [0, 0.1) is 0 Å². The lowest BCUT2D eigenvalue weighted by Gasteiger charge is -2.34. The molecule has 0 atom stereocenters. The molecule has 1 aliphatic carbocycles. The minimum absolute atomic E-state index is 0.104. The van der Waals surface area contributed by atoms with E-state index in [1.165, 1.54) is 0 Å². The Bertz CT molecular complexity index is 3320. The third kappa shape index (κ3) is 5.94. The zero-order chi connectivity index (χ0) is 43.4. The van der Waals surface area contributed by atoms with Crippen LogP contribution in [0.1, 0.15) is 27.7 Å². The minimum atomic E-state index is -0.689. The Morgan fingerprint density at radius 2 is 0.867 bits per heavy atom. The summed E-state index contributed by atoms with van der Waals surface area (Å²) in [6.07, 6.45) is 0. The highest BCUT2D eigenvalue weighted by atomic mass is 15.1. The highest BCUT2D eigenvalue weighted by Gasteiger charge is 2.47. The van der Waals surface area contributed by atoms with Gasteiger partial charge < -0.3 is 4.90 Å². The third-order valence-corrected chi connectivity index (χ3v) is 12.0. The Morgan fingerprint density at radius 1 is 0.333 bits per heavy atom. The van der Waals surface area contributed by atoms with Crippen LogP contribution in [0.25, 0.3) is 55.3 Å². The van der Waals surface area contributed by atoms with Crippen molar-refractivity contribution in [1.82, 2.24) is 0 Å². The van der Waals surface area contributed by atoms with E-state index in [-0.39, 0.29) is 35.4 Å². The van der Waals surface area contributed by atoms with E-state index in [4.69, 9.17) is 0 Å². The van der Waals surface area contributed by atoms with Crippen molar-refractivity contribution >= 4 is 27.8 Å². The molecular weight excluding hydrogens is 723 g/mol. The lowest BCUT2D eigenvalue weighted by molar-refractivity contribution is 0.768. The summed E-state index contributed by atoms with van der Waals surface area (Å²) in [7, 11) is 0. The van der Waals surface area contributed by atoms with E-state index in [1.807, 2.05) is 83.8 Å². The van der Waals surface area contributed by atoms with Gasteiger partial charge in [-0.15, -0.1) is 0 Å². The Labute approximate surface area is 357 Å². The van der Waals surface area contributed by atoms with Crippen LogP contribution < -0.4 is 4.90 Å². The molecule has 0 spiro atoms. The minimum Gasteiger partial charge on any atom is -0.310 e. The van der Waals surface area contributed by atoms with Gasteiger partial charge in [0.05, 0.1) is 16.6 Å². The monoisotopic (exact) mass is 767 g/mol. The maximum Gasteiger partial charge on any atom is 0.0714 e. The molecule has 1 nitrogen and oxygen atoms in total. The number of hydrogen-bond acceptors (Lipinski definition) is 1. The molecule has 0 radical (unpaired) electrons. The summed E-state index contributed by atoms with van der Waals surface area (Å²) in [6, 6.07) is 76.5. The van der Waals surface area contributed by atoms with Gasteiger partial charge in [-0.25, -0.2) is 0 Å². The molecule has 0 saturated carbocycles. The topological polar surface area (TPSA) is 3.24 Å². The van der Waals surface area contributed by atoms with Crippen molar-refractivity contribution in [3.63, 3.8) is 0 Å². The first-order valence-electron chi connectivity index (χ1n) is 22.4. The molecule has 60 heavy (non-hydrogen) atoms. The summed E-state index contributed by atoms with van der Waals surface area (Å²) >= 11 is 0. The molecule has 1 aliphatic rings. The Hall–Kier alpha value is -7.74. The molecule has 0 N–H and O–H groups in total. The van der Waals surface area contributed by atoms with Gasteiger partial charge in [-0.05, 0) is 114 Å². The maximum atomic E-state index is 9.93. The van der Waals surface area contributed by atoms with Crippen molar-refractivity contribution < 1.29 is 5.48 Å². The van der Waals surface area contributed by atoms with E-state index in [0.717, 1.165) is 72.1 Å². The molecule has 0 unspecified atom stereocenters. The Morgan fingerprint density at radius 3 is 1.60 bits per heavy atom. The first kappa shape index (κ1) is 31.3. The van der Waals surface area contributed by atoms with Crippen LogP contribution in [0.4, 0.5) is 17.1 Å². The van der Waals surface area contributed by atoms with Crippen molar-refractivity contribution in [2.75, 3.05) is 4.90 Å². The van der Waals surface area contributed by atoms with Crippen LogP contribution in [-0.2, 0) is 5.41 Å². The van der Waals surface area contributed by atoms with Crippen LogP contribution >= 0.6 is 0 Å². The van der Waals surface area contributed by atoms with E-state index in [1.54, 1.807) is 0 Å². The highest BCUT2D eigenvalue weighted by Crippen LogP contribution is 2.59. The zero-order valence-electron chi connectivity index (χ0n) is 36.8. The van der Waals surface area contributed by atoms with Crippen molar-refractivity contribution in [2.24, 2.45) is 0 Å². The van der Waals surface area contributed by atoms with Gasteiger partial charge in [0.1, 0.15) is 0 Å². The molecule has 0 heterocycles. The number of nitrogens with zero attached hydrogens (tertiary/aromatic N) is 1. The predicted octanol–water partition coefficient (Wildman–Crippen LogP) is 15.7. The van der Waals surface area contributed by atoms with Gasteiger partial charge in [-0.2, -0.15) is 0 Å². The van der Waals surface area contributed by atoms with Gasteiger partial charge >= 0.3 is 0 Å². The van der Waals surface area contributed by atoms with E-state index < -0.39 is 5.41 Å². The number of anilines is 3. The Kier molecular flexibility index (Phi) is 7.76. The predicted molar refractivity (Wildman–Crippen MR) is 252 cm³/mol. The zero-order valence-corrected chi connectivity index (χ0v) is 32.8. The first-order chi connectivity index (χ1) is 31.4. The number of benzene rings is 10. The van der Waals surface area contributed by atoms with Gasteiger partial charge in [0.2, 0.25) is 0 Å². The third-order valence-electron chi connectivity index (χ3n) is 12.0. The molecule has 1 heteroatoms.